The Labute approximate surface area is 123 Å². The standard InChI is InChI=1S/C15H20N4O2/c16-13(21)9-19(11-5-1-2-6-11)15-12(10-20)18-8-4-3-7-14(18)17-15/h3-4,7-8,11,20H,1-2,5-6,9-10H2,(H2,16,21). The molecule has 3 N–H and O–H groups in total. The van der Waals surface area contributed by atoms with E-state index in [1.165, 1.54) is 0 Å². The smallest absolute Gasteiger partial charge is 0.237 e. The number of fused-ring (bicyclic) bond motifs is 1. The summed E-state index contributed by atoms with van der Waals surface area (Å²) in [6.07, 6.45) is 6.25. The third-order valence-corrected chi connectivity index (χ3v) is 4.12. The number of hydrogen-bond donors (Lipinski definition) is 2. The van der Waals surface area contributed by atoms with Crippen LogP contribution in [-0.2, 0) is 11.4 Å². The van der Waals surface area contributed by atoms with Crippen LogP contribution in [0.5, 0.6) is 0 Å². The van der Waals surface area contributed by atoms with Crippen LogP contribution in [0.2, 0.25) is 0 Å². The van der Waals surface area contributed by atoms with Gasteiger partial charge in [-0.15, -0.1) is 0 Å². The van der Waals surface area contributed by atoms with E-state index in [0.717, 1.165) is 31.3 Å². The number of pyridine rings is 1. The molecule has 1 aliphatic rings. The molecule has 0 radical (unpaired) electrons. The molecule has 1 amide bonds. The summed E-state index contributed by atoms with van der Waals surface area (Å²) in [6.45, 7) is 0.0179. The van der Waals surface area contributed by atoms with Crippen LogP contribution in [0.15, 0.2) is 24.4 Å². The van der Waals surface area contributed by atoms with E-state index in [1.54, 1.807) is 0 Å². The van der Waals surface area contributed by atoms with E-state index in [2.05, 4.69) is 4.98 Å². The first kappa shape index (κ1) is 13.9. The lowest BCUT2D eigenvalue weighted by Gasteiger charge is -2.28. The number of nitrogens with two attached hydrogens (primary N) is 1. The maximum Gasteiger partial charge on any atom is 0.237 e. The van der Waals surface area contributed by atoms with Gasteiger partial charge in [0.15, 0.2) is 5.82 Å². The number of primary amides is 1. The van der Waals surface area contributed by atoms with E-state index in [9.17, 15) is 9.90 Å². The average Bonchev–Trinajstić information content (AvgIpc) is 3.11. The zero-order valence-corrected chi connectivity index (χ0v) is 11.9. The zero-order valence-electron chi connectivity index (χ0n) is 11.9. The van der Waals surface area contributed by atoms with Crippen LogP contribution in [0, 0.1) is 0 Å². The van der Waals surface area contributed by atoms with Gasteiger partial charge in [-0.05, 0) is 25.0 Å². The molecule has 112 valence electrons. The molecule has 6 nitrogen and oxygen atoms in total. The van der Waals surface area contributed by atoms with Crippen molar-refractivity contribution in [2.75, 3.05) is 11.4 Å². The SMILES string of the molecule is NC(=O)CN(c1nc2ccccn2c1CO)C1CCCC1. The van der Waals surface area contributed by atoms with E-state index in [1.807, 2.05) is 33.7 Å². The lowest BCUT2D eigenvalue weighted by atomic mass is 10.2. The summed E-state index contributed by atoms with van der Waals surface area (Å²) >= 11 is 0. The molecule has 3 rings (SSSR count). The largest absolute Gasteiger partial charge is 0.390 e. The van der Waals surface area contributed by atoms with Gasteiger partial charge in [-0.1, -0.05) is 18.9 Å². The van der Waals surface area contributed by atoms with Crippen LogP contribution in [0.3, 0.4) is 0 Å². The Kier molecular flexibility index (Phi) is 3.79. The highest BCUT2D eigenvalue weighted by Gasteiger charge is 2.28. The number of aliphatic hydroxyl groups is 1. The van der Waals surface area contributed by atoms with Gasteiger partial charge in [0.1, 0.15) is 5.65 Å². The summed E-state index contributed by atoms with van der Waals surface area (Å²) in [6, 6.07) is 5.96. The highest BCUT2D eigenvalue weighted by atomic mass is 16.3. The summed E-state index contributed by atoms with van der Waals surface area (Å²) in [7, 11) is 0. The summed E-state index contributed by atoms with van der Waals surface area (Å²) in [5, 5.41) is 9.73. The molecular formula is C15H20N4O2. The van der Waals surface area contributed by atoms with Crippen LogP contribution in [0.25, 0.3) is 5.65 Å². The fourth-order valence-electron chi connectivity index (χ4n) is 3.17. The number of aliphatic hydroxyl groups excluding tert-OH is 1. The van der Waals surface area contributed by atoms with Gasteiger partial charge in [0.05, 0.1) is 18.8 Å². The van der Waals surface area contributed by atoms with Crippen LogP contribution < -0.4 is 10.6 Å². The third-order valence-electron chi connectivity index (χ3n) is 4.12. The van der Waals surface area contributed by atoms with E-state index in [0.29, 0.717) is 11.5 Å². The van der Waals surface area contributed by atoms with Crippen LogP contribution in [0.1, 0.15) is 31.4 Å². The van der Waals surface area contributed by atoms with Crippen molar-refractivity contribution in [3.8, 4) is 0 Å². The number of nitrogens with zero attached hydrogens (tertiary/aromatic N) is 3. The molecule has 1 saturated carbocycles. The normalized spacial score (nSPS) is 15.7. The second kappa shape index (κ2) is 5.73. The molecule has 0 bridgehead atoms. The summed E-state index contributed by atoms with van der Waals surface area (Å²) in [5.74, 6) is 0.303. The molecule has 0 saturated heterocycles. The Morgan fingerprint density at radius 3 is 2.86 bits per heavy atom. The predicted octanol–water partition coefficient (Wildman–Crippen LogP) is 1.06. The van der Waals surface area contributed by atoms with Gasteiger partial charge in [0.2, 0.25) is 5.91 Å². The number of amides is 1. The van der Waals surface area contributed by atoms with Crippen molar-refractivity contribution in [1.29, 1.82) is 0 Å². The number of imidazole rings is 1. The minimum atomic E-state index is -0.372. The van der Waals surface area contributed by atoms with Crippen molar-refractivity contribution in [3.05, 3.63) is 30.1 Å². The highest BCUT2D eigenvalue weighted by molar-refractivity contribution is 5.80. The minimum absolute atomic E-state index is 0.123. The van der Waals surface area contributed by atoms with Gasteiger partial charge < -0.3 is 15.7 Å². The van der Waals surface area contributed by atoms with Crippen molar-refractivity contribution in [3.63, 3.8) is 0 Å². The number of rotatable bonds is 5. The van der Waals surface area contributed by atoms with Crippen molar-refractivity contribution in [1.82, 2.24) is 9.38 Å². The number of anilines is 1. The zero-order chi connectivity index (χ0) is 14.8. The minimum Gasteiger partial charge on any atom is -0.390 e. The molecule has 0 atom stereocenters. The van der Waals surface area contributed by atoms with E-state index in [-0.39, 0.29) is 25.1 Å². The molecule has 1 aliphatic carbocycles. The molecule has 2 aromatic rings. The van der Waals surface area contributed by atoms with E-state index in [4.69, 9.17) is 5.73 Å². The van der Waals surface area contributed by atoms with Gasteiger partial charge in [0, 0.05) is 12.2 Å². The molecule has 0 aromatic carbocycles. The first-order valence-corrected chi connectivity index (χ1v) is 7.32. The first-order chi connectivity index (χ1) is 10.2. The Morgan fingerprint density at radius 1 is 1.43 bits per heavy atom. The lowest BCUT2D eigenvalue weighted by molar-refractivity contribution is -0.116. The van der Waals surface area contributed by atoms with Gasteiger partial charge in [-0.2, -0.15) is 0 Å². The van der Waals surface area contributed by atoms with E-state index < -0.39 is 0 Å². The first-order valence-electron chi connectivity index (χ1n) is 7.32. The molecule has 0 aliphatic heterocycles. The Hall–Kier alpha value is -2.08. The van der Waals surface area contributed by atoms with Crippen LogP contribution in [-0.4, -0.2) is 33.0 Å². The summed E-state index contributed by atoms with van der Waals surface area (Å²) in [5.41, 5.74) is 6.88. The van der Waals surface area contributed by atoms with Crippen LogP contribution >= 0.6 is 0 Å². The lowest BCUT2D eigenvalue weighted by Crippen LogP contribution is -2.41. The summed E-state index contributed by atoms with van der Waals surface area (Å²) in [4.78, 5) is 18.0. The fraction of sp³-hybridized carbons (Fsp3) is 0.467. The van der Waals surface area contributed by atoms with Crippen molar-refractivity contribution in [2.45, 2.75) is 38.3 Å². The van der Waals surface area contributed by atoms with Crippen LogP contribution in [0.4, 0.5) is 5.82 Å². The van der Waals surface area contributed by atoms with Gasteiger partial charge in [-0.3, -0.25) is 9.20 Å². The number of carbonyl (C=O) groups excluding carboxylic acids is 1. The van der Waals surface area contributed by atoms with Gasteiger partial charge >= 0.3 is 0 Å². The van der Waals surface area contributed by atoms with Crippen molar-refractivity contribution < 1.29 is 9.90 Å². The van der Waals surface area contributed by atoms with E-state index >= 15 is 0 Å². The van der Waals surface area contributed by atoms with Crippen molar-refractivity contribution >= 4 is 17.4 Å². The van der Waals surface area contributed by atoms with Crippen molar-refractivity contribution in [2.24, 2.45) is 5.73 Å². The Morgan fingerprint density at radius 2 is 2.19 bits per heavy atom. The molecule has 0 unspecified atom stereocenters. The molecule has 21 heavy (non-hydrogen) atoms. The second-order valence-electron chi connectivity index (χ2n) is 5.50. The predicted molar refractivity (Wildman–Crippen MR) is 79.9 cm³/mol. The number of hydrogen-bond acceptors (Lipinski definition) is 4. The molecule has 2 aromatic heterocycles. The number of carbonyl (C=O) groups is 1. The third kappa shape index (κ3) is 2.58. The molecule has 2 heterocycles. The van der Waals surface area contributed by atoms with Gasteiger partial charge in [0.25, 0.3) is 0 Å². The fourth-order valence-corrected chi connectivity index (χ4v) is 3.17. The number of aromatic nitrogens is 2. The maximum absolute atomic E-state index is 11.4. The topological polar surface area (TPSA) is 83.9 Å². The molecule has 0 spiro atoms. The van der Waals surface area contributed by atoms with Gasteiger partial charge in [-0.25, -0.2) is 4.98 Å². The highest BCUT2D eigenvalue weighted by Crippen LogP contribution is 2.30. The second-order valence-corrected chi connectivity index (χ2v) is 5.50. The Bertz CT molecular complexity index is 646. The Balaban J connectivity index is 2.07. The maximum atomic E-state index is 11.4. The molecule has 1 fully saturated rings. The monoisotopic (exact) mass is 288 g/mol. The molecule has 6 heteroatoms. The average molecular weight is 288 g/mol. The summed E-state index contributed by atoms with van der Waals surface area (Å²) < 4.78 is 1.86. The molecular weight excluding hydrogens is 268 g/mol. The quantitative estimate of drug-likeness (QED) is 0.861.